The highest BCUT2D eigenvalue weighted by Crippen LogP contribution is 2.41. The van der Waals surface area contributed by atoms with Crippen molar-refractivity contribution in [2.75, 3.05) is 6.61 Å². The summed E-state index contributed by atoms with van der Waals surface area (Å²) in [4.78, 5) is 0. The lowest BCUT2D eigenvalue weighted by Gasteiger charge is -2.37. The largest absolute Gasteiger partial charge is 0.379 e. The zero-order chi connectivity index (χ0) is 14.2. The molecule has 0 aromatic rings. The molecule has 118 valence electrons. The lowest BCUT2D eigenvalue weighted by molar-refractivity contribution is 0.0134. The summed E-state index contributed by atoms with van der Waals surface area (Å²) in [5.41, 5.74) is 0. The Labute approximate surface area is 126 Å². The molecule has 0 unspecified atom stereocenters. The van der Waals surface area contributed by atoms with Crippen LogP contribution in [0.3, 0.4) is 0 Å². The molecule has 1 nitrogen and oxygen atoms in total. The third-order valence-corrected chi connectivity index (χ3v) is 5.90. The number of unbranched alkanes of at least 4 members (excludes halogenated alkanes) is 2. The quantitative estimate of drug-likeness (QED) is 0.522. The molecule has 0 aromatic carbocycles. The maximum Gasteiger partial charge on any atom is 0.0575 e. The van der Waals surface area contributed by atoms with Crippen LogP contribution in [0, 0.1) is 17.8 Å². The van der Waals surface area contributed by atoms with E-state index in [9.17, 15) is 0 Å². The molecule has 0 N–H and O–H groups in total. The Hall–Kier alpha value is -0.0400. The predicted molar refractivity (Wildman–Crippen MR) is 87.0 cm³/mol. The summed E-state index contributed by atoms with van der Waals surface area (Å²) >= 11 is 0. The minimum Gasteiger partial charge on any atom is -0.379 e. The maximum absolute atomic E-state index is 5.79. The van der Waals surface area contributed by atoms with Gasteiger partial charge in [0.2, 0.25) is 0 Å². The molecule has 0 heterocycles. The molecule has 2 aliphatic rings. The van der Waals surface area contributed by atoms with E-state index in [4.69, 9.17) is 4.74 Å². The highest BCUT2D eigenvalue weighted by Gasteiger charge is 2.30. The Bertz CT molecular complexity index is 234. The summed E-state index contributed by atoms with van der Waals surface area (Å²) in [6, 6.07) is 0. The molecule has 0 aliphatic heterocycles. The number of ether oxygens (including phenoxy) is 1. The summed E-state index contributed by atoms with van der Waals surface area (Å²) in [5, 5.41) is 0. The van der Waals surface area contributed by atoms with Gasteiger partial charge in [-0.15, -0.1) is 0 Å². The van der Waals surface area contributed by atoms with E-state index in [0.717, 1.165) is 24.4 Å². The fourth-order valence-electron chi connectivity index (χ4n) is 4.59. The van der Waals surface area contributed by atoms with Gasteiger partial charge in [-0.05, 0) is 63.2 Å². The van der Waals surface area contributed by atoms with Gasteiger partial charge in [-0.25, -0.2) is 0 Å². The van der Waals surface area contributed by atoms with E-state index in [1.807, 2.05) is 0 Å². The Kier molecular flexibility index (Phi) is 7.41. The van der Waals surface area contributed by atoms with Crippen LogP contribution in [-0.2, 0) is 4.74 Å². The van der Waals surface area contributed by atoms with Gasteiger partial charge < -0.3 is 4.74 Å². The minimum atomic E-state index is 0.585. The molecule has 2 saturated carbocycles. The van der Waals surface area contributed by atoms with Crippen LogP contribution in [0.15, 0.2) is 0 Å². The van der Waals surface area contributed by atoms with Crippen molar-refractivity contribution in [2.24, 2.45) is 17.8 Å². The third kappa shape index (κ3) is 5.06. The molecule has 0 saturated heterocycles. The van der Waals surface area contributed by atoms with Crippen LogP contribution in [0.4, 0.5) is 0 Å². The van der Waals surface area contributed by atoms with Gasteiger partial charge in [0.1, 0.15) is 0 Å². The molecule has 2 aliphatic carbocycles. The topological polar surface area (TPSA) is 9.23 Å². The van der Waals surface area contributed by atoms with Gasteiger partial charge in [0.05, 0.1) is 6.10 Å². The second-order valence-corrected chi connectivity index (χ2v) is 7.27. The predicted octanol–water partition coefficient (Wildman–Crippen LogP) is 5.97. The van der Waals surface area contributed by atoms with Crippen molar-refractivity contribution in [1.82, 2.24) is 0 Å². The van der Waals surface area contributed by atoms with Crippen molar-refractivity contribution in [1.29, 1.82) is 0 Å². The first-order chi connectivity index (χ1) is 9.83. The molecular formula is C19H36O. The van der Waals surface area contributed by atoms with Crippen LogP contribution in [0.5, 0.6) is 0 Å². The van der Waals surface area contributed by atoms with Gasteiger partial charge in [-0.3, -0.25) is 0 Å². The highest BCUT2D eigenvalue weighted by molar-refractivity contribution is 4.82. The van der Waals surface area contributed by atoms with E-state index in [0.29, 0.717) is 6.10 Å². The first kappa shape index (κ1) is 16.3. The normalized spacial score (nSPS) is 35.1. The highest BCUT2D eigenvalue weighted by atomic mass is 16.5. The zero-order valence-corrected chi connectivity index (χ0v) is 13.9. The molecular weight excluding hydrogens is 244 g/mol. The maximum atomic E-state index is 5.79. The Morgan fingerprint density at radius 3 is 1.90 bits per heavy atom. The van der Waals surface area contributed by atoms with Gasteiger partial charge in [0, 0.05) is 6.61 Å². The van der Waals surface area contributed by atoms with Crippen molar-refractivity contribution >= 4 is 0 Å². The van der Waals surface area contributed by atoms with E-state index >= 15 is 0 Å². The molecule has 0 atom stereocenters. The second-order valence-electron chi connectivity index (χ2n) is 7.27. The monoisotopic (exact) mass is 280 g/mol. The van der Waals surface area contributed by atoms with Crippen molar-refractivity contribution < 1.29 is 4.74 Å². The minimum absolute atomic E-state index is 0.585. The summed E-state index contributed by atoms with van der Waals surface area (Å²) < 4.78 is 5.79. The average Bonchev–Trinajstić information content (AvgIpc) is 2.49. The Balaban J connectivity index is 1.62. The Morgan fingerprint density at radius 2 is 1.35 bits per heavy atom. The van der Waals surface area contributed by atoms with Crippen molar-refractivity contribution in [3.8, 4) is 0 Å². The number of hydrogen-bond donors (Lipinski definition) is 0. The van der Waals surface area contributed by atoms with Gasteiger partial charge in [-0.1, -0.05) is 45.4 Å². The van der Waals surface area contributed by atoms with E-state index < -0.39 is 0 Å². The molecule has 0 amide bonds. The summed E-state index contributed by atoms with van der Waals surface area (Å²) in [7, 11) is 0. The van der Waals surface area contributed by atoms with E-state index in [2.05, 4.69) is 13.8 Å². The molecule has 1 heteroatoms. The lowest BCUT2D eigenvalue weighted by atomic mass is 9.70. The SMILES string of the molecule is CCCCCC1CCC(C2CCC(OCC)CC2)CC1. The van der Waals surface area contributed by atoms with Crippen molar-refractivity contribution in [3.05, 3.63) is 0 Å². The van der Waals surface area contributed by atoms with E-state index in [-0.39, 0.29) is 0 Å². The average molecular weight is 280 g/mol. The number of rotatable bonds is 7. The van der Waals surface area contributed by atoms with Crippen molar-refractivity contribution in [2.45, 2.75) is 97.0 Å². The fourth-order valence-corrected chi connectivity index (χ4v) is 4.59. The van der Waals surface area contributed by atoms with Gasteiger partial charge in [0.15, 0.2) is 0 Å². The van der Waals surface area contributed by atoms with Crippen LogP contribution in [0.25, 0.3) is 0 Å². The second kappa shape index (κ2) is 9.07. The summed E-state index contributed by atoms with van der Waals surface area (Å²) in [5.74, 6) is 3.15. The fraction of sp³-hybridized carbons (Fsp3) is 1.00. The summed E-state index contributed by atoms with van der Waals surface area (Å²) in [6.07, 6.45) is 18.0. The smallest absolute Gasteiger partial charge is 0.0575 e. The third-order valence-electron chi connectivity index (χ3n) is 5.90. The molecule has 0 spiro atoms. The van der Waals surface area contributed by atoms with Crippen LogP contribution in [0.2, 0.25) is 0 Å². The van der Waals surface area contributed by atoms with E-state index in [1.54, 1.807) is 0 Å². The standard InChI is InChI=1S/C19H36O/c1-3-5-6-7-16-8-10-17(11-9-16)18-12-14-19(15-13-18)20-4-2/h16-19H,3-15H2,1-2H3. The van der Waals surface area contributed by atoms with Gasteiger partial charge >= 0.3 is 0 Å². The van der Waals surface area contributed by atoms with Crippen LogP contribution >= 0.6 is 0 Å². The molecule has 0 bridgehead atoms. The molecule has 20 heavy (non-hydrogen) atoms. The molecule has 2 fully saturated rings. The Morgan fingerprint density at radius 1 is 0.750 bits per heavy atom. The first-order valence-corrected chi connectivity index (χ1v) is 9.45. The molecule has 2 rings (SSSR count). The van der Waals surface area contributed by atoms with Gasteiger partial charge in [0.25, 0.3) is 0 Å². The summed E-state index contributed by atoms with van der Waals surface area (Å²) in [6.45, 7) is 5.35. The van der Waals surface area contributed by atoms with Crippen LogP contribution in [0.1, 0.15) is 90.9 Å². The first-order valence-electron chi connectivity index (χ1n) is 9.45. The van der Waals surface area contributed by atoms with Crippen LogP contribution in [-0.4, -0.2) is 12.7 Å². The van der Waals surface area contributed by atoms with Gasteiger partial charge in [-0.2, -0.15) is 0 Å². The zero-order valence-electron chi connectivity index (χ0n) is 13.9. The number of hydrogen-bond acceptors (Lipinski definition) is 1. The van der Waals surface area contributed by atoms with Crippen molar-refractivity contribution in [3.63, 3.8) is 0 Å². The van der Waals surface area contributed by atoms with Crippen LogP contribution < -0.4 is 0 Å². The van der Waals surface area contributed by atoms with E-state index in [1.165, 1.54) is 77.0 Å². The molecule has 0 aromatic heterocycles. The lowest BCUT2D eigenvalue weighted by Crippen LogP contribution is -2.28. The molecule has 0 radical (unpaired) electrons.